The third kappa shape index (κ3) is 4.31. The quantitative estimate of drug-likeness (QED) is 0.206. The molecular formula is C36H24BrNO. The first-order valence-electron chi connectivity index (χ1n) is 13.0. The summed E-state index contributed by atoms with van der Waals surface area (Å²) >= 11 is 3.64. The molecule has 0 bridgehead atoms. The van der Waals surface area contributed by atoms with Gasteiger partial charge in [0.15, 0.2) is 5.58 Å². The Labute approximate surface area is 235 Å². The fraction of sp³-hybridized carbons (Fsp3) is 0. The molecule has 7 aromatic rings. The molecule has 0 aliphatic rings. The van der Waals surface area contributed by atoms with Crippen LogP contribution in [0, 0.1) is 0 Å². The second kappa shape index (κ2) is 9.94. The summed E-state index contributed by atoms with van der Waals surface area (Å²) in [6.07, 6.45) is 0. The molecule has 0 aliphatic heterocycles. The fourth-order valence-electron chi connectivity index (χ4n) is 5.34. The molecule has 186 valence electrons. The molecule has 2 nitrogen and oxygen atoms in total. The van der Waals surface area contributed by atoms with E-state index in [0.29, 0.717) is 0 Å². The zero-order chi connectivity index (χ0) is 26.2. The molecule has 1 aromatic heterocycles. The highest BCUT2D eigenvalue weighted by Crippen LogP contribution is 2.45. The Morgan fingerprint density at radius 2 is 1.13 bits per heavy atom. The lowest BCUT2D eigenvalue weighted by atomic mass is 10.0. The Bertz CT molecular complexity index is 1940. The first kappa shape index (κ1) is 23.5. The summed E-state index contributed by atoms with van der Waals surface area (Å²) in [5.41, 5.74) is 9.52. The van der Waals surface area contributed by atoms with E-state index in [1.54, 1.807) is 0 Å². The van der Waals surface area contributed by atoms with Crippen LogP contribution in [0.4, 0.5) is 17.1 Å². The van der Waals surface area contributed by atoms with Crippen LogP contribution in [-0.4, -0.2) is 0 Å². The third-order valence-electron chi connectivity index (χ3n) is 7.12. The largest absolute Gasteiger partial charge is 0.454 e. The van der Waals surface area contributed by atoms with Gasteiger partial charge < -0.3 is 9.32 Å². The molecule has 0 N–H and O–H groups in total. The van der Waals surface area contributed by atoms with Crippen molar-refractivity contribution in [3.8, 4) is 22.3 Å². The van der Waals surface area contributed by atoms with Crippen LogP contribution in [0.25, 0.3) is 44.2 Å². The number of hydrogen-bond acceptors (Lipinski definition) is 2. The maximum atomic E-state index is 6.54. The van der Waals surface area contributed by atoms with Crippen molar-refractivity contribution in [1.82, 2.24) is 0 Å². The van der Waals surface area contributed by atoms with Crippen LogP contribution in [0.1, 0.15) is 0 Å². The van der Waals surface area contributed by atoms with E-state index in [-0.39, 0.29) is 0 Å². The number of halogens is 1. The first-order chi connectivity index (χ1) is 19.3. The molecule has 0 spiro atoms. The lowest BCUT2D eigenvalue weighted by Gasteiger charge is -2.28. The van der Waals surface area contributed by atoms with Gasteiger partial charge in [0.05, 0.1) is 11.4 Å². The Morgan fingerprint density at radius 1 is 0.487 bits per heavy atom. The molecule has 3 heteroatoms. The van der Waals surface area contributed by atoms with Gasteiger partial charge in [-0.3, -0.25) is 0 Å². The van der Waals surface area contributed by atoms with E-state index in [0.717, 1.165) is 65.7 Å². The number of fused-ring (bicyclic) bond motifs is 3. The molecule has 0 radical (unpaired) electrons. The Balaban J connectivity index is 1.51. The smallest absolute Gasteiger partial charge is 0.159 e. The summed E-state index contributed by atoms with van der Waals surface area (Å²) in [4.78, 5) is 2.33. The van der Waals surface area contributed by atoms with Crippen LogP contribution < -0.4 is 4.90 Å². The normalized spacial score (nSPS) is 11.2. The van der Waals surface area contributed by atoms with Crippen molar-refractivity contribution in [2.45, 2.75) is 0 Å². The second-order valence-corrected chi connectivity index (χ2v) is 10.4. The Kier molecular flexibility index (Phi) is 5.99. The number of rotatable bonds is 5. The minimum absolute atomic E-state index is 0.870. The molecule has 7 rings (SSSR count). The molecule has 39 heavy (non-hydrogen) atoms. The highest BCUT2D eigenvalue weighted by atomic mass is 79.9. The standard InChI is InChI=1S/C36H24BrNO/c37-28-15-8-13-26(23-28)27-14-9-16-29(24-27)38(33-20-6-4-17-30(33)25-11-2-1-3-12-25)34-21-10-19-32-31-18-5-7-22-35(31)39-36(32)34/h1-24H. The van der Waals surface area contributed by atoms with Gasteiger partial charge in [-0.05, 0) is 59.2 Å². The topological polar surface area (TPSA) is 16.4 Å². The van der Waals surface area contributed by atoms with Crippen molar-refractivity contribution in [1.29, 1.82) is 0 Å². The van der Waals surface area contributed by atoms with E-state index in [4.69, 9.17) is 4.42 Å². The number of furan rings is 1. The van der Waals surface area contributed by atoms with Crippen LogP contribution in [0.2, 0.25) is 0 Å². The van der Waals surface area contributed by atoms with Crippen LogP contribution in [-0.2, 0) is 0 Å². The maximum Gasteiger partial charge on any atom is 0.159 e. The van der Waals surface area contributed by atoms with Gasteiger partial charge in [-0.1, -0.05) is 119 Å². The maximum absolute atomic E-state index is 6.54. The van der Waals surface area contributed by atoms with E-state index < -0.39 is 0 Å². The van der Waals surface area contributed by atoms with Gasteiger partial charge in [0.25, 0.3) is 0 Å². The molecular weight excluding hydrogens is 542 g/mol. The second-order valence-electron chi connectivity index (χ2n) is 9.53. The summed E-state index contributed by atoms with van der Waals surface area (Å²) in [6.45, 7) is 0. The Hall–Kier alpha value is -4.60. The summed E-state index contributed by atoms with van der Waals surface area (Å²) in [6, 6.07) is 50.9. The van der Waals surface area contributed by atoms with Crippen molar-refractivity contribution in [2.24, 2.45) is 0 Å². The van der Waals surface area contributed by atoms with E-state index in [9.17, 15) is 0 Å². The molecule has 0 atom stereocenters. The number of hydrogen-bond donors (Lipinski definition) is 0. The molecule has 1 heterocycles. The number of nitrogens with zero attached hydrogens (tertiary/aromatic N) is 1. The van der Waals surface area contributed by atoms with Gasteiger partial charge in [0.2, 0.25) is 0 Å². The molecule has 0 fully saturated rings. The fourth-order valence-corrected chi connectivity index (χ4v) is 5.74. The zero-order valence-electron chi connectivity index (χ0n) is 21.1. The first-order valence-corrected chi connectivity index (χ1v) is 13.8. The third-order valence-corrected chi connectivity index (χ3v) is 7.61. The minimum Gasteiger partial charge on any atom is -0.454 e. The van der Waals surface area contributed by atoms with Gasteiger partial charge in [-0.25, -0.2) is 0 Å². The predicted molar refractivity (Wildman–Crippen MR) is 167 cm³/mol. The molecule has 0 saturated heterocycles. The number of anilines is 3. The van der Waals surface area contributed by atoms with Gasteiger partial charge in [-0.15, -0.1) is 0 Å². The van der Waals surface area contributed by atoms with Crippen molar-refractivity contribution in [2.75, 3.05) is 4.90 Å². The highest BCUT2D eigenvalue weighted by Gasteiger charge is 2.22. The SMILES string of the molecule is Brc1cccc(-c2cccc(N(c3ccccc3-c3ccccc3)c3cccc4c3oc3ccccc34)c2)c1. The van der Waals surface area contributed by atoms with Gasteiger partial charge in [0, 0.05) is 26.5 Å². The lowest BCUT2D eigenvalue weighted by molar-refractivity contribution is 0.669. The lowest BCUT2D eigenvalue weighted by Crippen LogP contribution is -2.11. The van der Waals surface area contributed by atoms with Gasteiger partial charge in [-0.2, -0.15) is 0 Å². The van der Waals surface area contributed by atoms with E-state index >= 15 is 0 Å². The summed E-state index contributed by atoms with van der Waals surface area (Å²) in [5, 5.41) is 2.22. The van der Waals surface area contributed by atoms with Crippen LogP contribution >= 0.6 is 15.9 Å². The summed E-state index contributed by atoms with van der Waals surface area (Å²) < 4.78 is 7.59. The average molecular weight is 566 g/mol. The minimum atomic E-state index is 0.870. The van der Waals surface area contributed by atoms with Crippen molar-refractivity contribution < 1.29 is 4.42 Å². The molecule has 0 amide bonds. The molecule has 6 aromatic carbocycles. The molecule has 0 aliphatic carbocycles. The predicted octanol–water partition coefficient (Wildman–Crippen LogP) is 11.2. The number of benzene rings is 6. The highest BCUT2D eigenvalue weighted by molar-refractivity contribution is 9.10. The van der Waals surface area contributed by atoms with Crippen molar-refractivity contribution >= 4 is 54.9 Å². The van der Waals surface area contributed by atoms with E-state index in [2.05, 4.69) is 154 Å². The van der Waals surface area contributed by atoms with Gasteiger partial charge in [0.1, 0.15) is 5.58 Å². The van der Waals surface area contributed by atoms with Crippen LogP contribution in [0.15, 0.2) is 154 Å². The zero-order valence-corrected chi connectivity index (χ0v) is 22.7. The average Bonchev–Trinajstić information content (AvgIpc) is 3.38. The molecule has 0 saturated carbocycles. The van der Waals surface area contributed by atoms with Crippen molar-refractivity contribution in [3.63, 3.8) is 0 Å². The monoisotopic (exact) mass is 565 g/mol. The van der Waals surface area contributed by atoms with Gasteiger partial charge >= 0.3 is 0 Å². The van der Waals surface area contributed by atoms with Crippen LogP contribution in [0.3, 0.4) is 0 Å². The summed E-state index contributed by atoms with van der Waals surface area (Å²) in [7, 11) is 0. The van der Waals surface area contributed by atoms with E-state index in [1.807, 2.05) is 12.1 Å². The van der Waals surface area contributed by atoms with E-state index in [1.165, 1.54) is 0 Å². The Morgan fingerprint density at radius 3 is 2.00 bits per heavy atom. The van der Waals surface area contributed by atoms with Crippen molar-refractivity contribution in [3.05, 3.63) is 150 Å². The summed E-state index contributed by atoms with van der Waals surface area (Å²) in [5.74, 6) is 0. The number of para-hydroxylation sites is 3. The molecule has 0 unspecified atom stereocenters. The van der Waals surface area contributed by atoms with Crippen LogP contribution in [0.5, 0.6) is 0 Å².